The lowest BCUT2D eigenvalue weighted by Crippen LogP contribution is -2.32. The summed E-state index contributed by atoms with van der Waals surface area (Å²) in [6.45, 7) is 6.30. The molecule has 0 aliphatic carbocycles. The van der Waals surface area contributed by atoms with Crippen molar-refractivity contribution in [3.8, 4) is 0 Å². The van der Waals surface area contributed by atoms with Crippen molar-refractivity contribution < 1.29 is 70.5 Å². The van der Waals surface area contributed by atoms with Crippen molar-refractivity contribution in [3.05, 3.63) is 0 Å². The van der Waals surface area contributed by atoms with Gasteiger partial charge in [-0.3, -0.25) is 9.59 Å². The molecule has 0 saturated carbocycles. The van der Waals surface area contributed by atoms with Crippen molar-refractivity contribution in [1.29, 1.82) is 0 Å². The summed E-state index contributed by atoms with van der Waals surface area (Å²) in [5.41, 5.74) is -0.972. The minimum atomic E-state index is -0.870. The number of aliphatic hydroxyl groups excluding tert-OH is 9. The zero-order chi connectivity index (χ0) is 33.0. The maximum Gasteiger partial charge on any atom is 0.303 e. The molecule has 0 aromatic heterocycles. The van der Waals surface area contributed by atoms with Gasteiger partial charge in [-0.1, -0.05) is 33.6 Å². The Hall–Kier alpha value is -1.46. The Labute approximate surface area is 244 Å². The largest absolute Gasteiger partial charge is 0.481 e. The number of unbranched alkanes of at least 4 members (excludes halogenated alkanes) is 4. The number of rotatable bonds is 20. The summed E-state index contributed by atoms with van der Waals surface area (Å²) in [5.74, 6) is -1.74. The van der Waals surface area contributed by atoms with E-state index in [0.29, 0.717) is 32.5 Å². The first-order chi connectivity index (χ1) is 19.3. The zero-order valence-corrected chi connectivity index (χ0v) is 25.3. The smallest absolute Gasteiger partial charge is 0.303 e. The lowest BCUT2D eigenvalue weighted by Gasteiger charge is -2.24. The van der Waals surface area contributed by atoms with Gasteiger partial charge in [0, 0.05) is 36.9 Å². The third-order valence-corrected chi connectivity index (χ3v) is 5.18. The Morgan fingerprint density at radius 3 is 1.02 bits per heavy atom. The molecule has 0 fully saturated rings. The van der Waals surface area contributed by atoms with Gasteiger partial charge in [0.25, 0.3) is 0 Å². The van der Waals surface area contributed by atoms with Crippen LogP contribution in [0.2, 0.25) is 0 Å². The highest BCUT2D eigenvalue weighted by Crippen LogP contribution is 2.18. The summed E-state index contributed by atoms with van der Waals surface area (Å²) in [5, 5.41) is 91.9. The summed E-state index contributed by atoms with van der Waals surface area (Å²) in [7, 11) is 0. The van der Waals surface area contributed by atoms with Crippen LogP contribution in [0.15, 0.2) is 0 Å². The van der Waals surface area contributed by atoms with Gasteiger partial charge in [0.15, 0.2) is 0 Å². The van der Waals surface area contributed by atoms with Crippen LogP contribution in [0.3, 0.4) is 0 Å². The average molecular weight is 609 g/mol. The number of hydrogen-bond donors (Lipinski definition) is 11. The standard InChI is InChI=1S/C6H10O4.C6H14O3.C6H14O2.C5H12O2.C4H10O3/c7-5(8)3-1-2-4-6(9)10;1-2-6(3-7,4-8)5-9;7-5-3-1-2-4-6-8;1-5(2,3-6)4-7;5-1-3-7-4-2-6/h1-4H2,(H,7,8)(H,9,10);7-9H,2-5H2,1H3;7-8H,1-6H2;6-7H,3-4H2,1-2H3;5-6H,1-4H2. The van der Waals surface area contributed by atoms with Gasteiger partial charge in [-0.25, -0.2) is 0 Å². The van der Waals surface area contributed by atoms with E-state index in [0.717, 1.165) is 25.7 Å². The molecule has 0 bridgehead atoms. The molecule has 0 amide bonds. The molecular weight excluding hydrogens is 548 g/mol. The van der Waals surface area contributed by atoms with Gasteiger partial charge < -0.3 is 60.9 Å². The summed E-state index contributed by atoms with van der Waals surface area (Å²) >= 11 is 0. The number of carbonyl (C=O) groups is 2. The molecule has 0 aliphatic heterocycles. The van der Waals surface area contributed by atoms with E-state index in [1.54, 1.807) is 13.8 Å². The first kappa shape index (κ1) is 49.2. The summed E-state index contributed by atoms with van der Waals surface area (Å²) in [4.78, 5) is 19.8. The van der Waals surface area contributed by atoms with Crippen LogP contribution in [0.1, 0.15) is 78.6 Å². The van der Waals surface area contributed by atoms with Crippen LogP contribution >= 0.6 is 0 Å². The molecule has 0 spiro atoms. The van der Waals surface area contributed by atoms with E-state index in [9.17, 15) is 9.59 Å². The Morgan fingerprint density at radius 1 is 0.537 bits per heavy atom. The fraction of sp³-hybridized carbons (Fsp3) is 0.926. The quantitative estimate of drug-likeness (QED) is 0.0785. The molecule has 252 valence electrons. The van der Waals surface area contributed by atoms with Crippen molar-refractivity contribution in [2.24, 2.45) is 10.8 Å². The van der Waals surface area contributed by atoms with E-state index in [1.807, 2.05) is 6.92 Å². The first-order valence-electron chi connectivity index (χ1n) is 13.8. The van der Waals surface area contributed by atoms with Gasteiger partial charge >= 0.3 is 11.9 Å². The van der Waals surface area contributed by atoms with E-state index in [1.165, 1.54) is 0 Å². The average Bonchev–Trinajstić information content (AvgIpc) is 2.96. The van der Waals surface area contributed by atoms with Crippen LogP contribution in [0, 0.1) is 10.8 Å². The molecule has 0 aromatic carbocycles. The lowest BCUT2D eigenvalue weighted by molar-refractivity contribution is -0.139. The molecule has 0 rings (SSSR count). The van der Waals surface area contributed by atoms with Gasteiger partial charge in [-0.15, -0.1) is 0 Å². The summed E-state index contributed by atoms with van der Waals surface area (Å²) in [6, 6.07) is 0. The van der Waals surface area contributed by atoms with Crippen LogP contribution in [-0.2, 0) is 14.3 Å². The molecular formula is C27H60O14. The van der Waals surface area contributed by atoms with Crippen molar-refractivity contribution >= 4 is 11.9 Å². The van der Waals surface area contributed by atoms with Crippen molar-refractivity contribution in [2.45, 2.75) is 78.6 Å². The monoisotopic (exact) mass is 608 g/mol. The Balaban J connectivity index is -0.000000133. The number of hydrogen-bond acceptors (Lipinski definition) is 12. The number of aliphatic hydroxyl groups is 9. The van der Waals surface area contributed by atoms with Crippen LogP contribution in [0.25, 0.3) is 0 Å². The van der Waals surface area contributed by atoms with Crippen LogP contribution < -0.4 is 0 Å². The Bertz CT molecular complexity index is 465. The van der Waals surface area contributed by atoms with E-state index in [2.05, 4.69) is 4.74 Å². The second-order valence-corrected chi connectivity index (χ2v) is 9.72. The molecule has 0 aliphatic rings. The minimum Gasteiger partial charge on any atom is -0.481 e. The fourth-order valence-electron chi connectivity index (χ4n) is 1.90. The highest BCUT2D eigenvalue weighted by molar-refractivity contribution is 5.67. The highest BCUT2D eigenvalue weighted by atomic mass is 16.5. The van der Waals surface area contributed by atoms with Gasteiger partial charge in [-0.05, 0) is 32.1 Å². The molecule has 14 heteroatoms. The third kappa shape index (κ3) is 48.6. The fourth-order valence-corrected chi connectivity index (χ4v) is 1.90. The summed E-state index contributed by atoms with van der Waals surface area (Å²) < 4.78 is 4.63. The molecule has 0 saturated heterocycles. The SMILES string of the molecule is CC(C)(CO)CO.CCC(CO)(CO)CO.O=C(O)CCCCC(=O)O.OCCCCCCO.OCCOCCO. The first-order valence-corrected chi connectivity index (χ1v) is 13.8. The predicted molar refractivity (Wildman–Crippen MR) is 153 cm³/mol. The van der Waals surface area contributed by atoms with Crippen molar-refractivity contribution in [2.75, 3.05) is 72.7 Å². The van der Waals surface area contributed by atoms with E-state index >= 15 is 0 Å². The second-order valence-electron chi connectivity index (χ2n) is 9.72. The number of aliphatic carboxylic acids is 2. The Morgan fingerprint density at radius 2 is 0.878 bits per heavy atom. The topological polar surface area (TPSA) is 266 Å². The van der Waals surface area contributed by atoms with E-state index < -0.39 is 17.4 Å². The van der Waals surface area contributed by atoms with E-state index in [-0.39, 0.29) is 77.7 Å². The number of carboxylic acids is 2. The summed E-state index contributed by atoms with van der Waals surface area (Å²) in [6.07, 6.45) is 5.44. The molecule has 14 nitrogen and oxygen atoms in total. The van der Waals surface area contributed by atoms with Crippen LogP contribution in [0.4, 0.5) is 0 Å². The van der Waals surface area contributed by atoms with Gasteiger partial charge in [-0.2, -0.15) is 0 Å². The zero-order valence-electron chi connectivity index (χ0n) is 25.3. The van der Waals surface area contributed by atoms with Crippen molar-refractivity contribution in [1.82, 2.24) is 0 Å². The van der Waals surface area contributed by atoms with E-state index in [4.69, 9.17) is 56.2 Å². The second kappa shape index (κ2) is 38.5. The lowest BCUT2D eigenvalue weighted by atomic mass is 9.88. The molecule has 41 heavy (non-hydrogen) atoms. The predicted octanol–water partition coefficient (Wildman–Crippen LogP) is -0.408. The third-order valence-electron chi connectivity index (χ3n) is 5.18. The molecule has 0 heterocycles. The molecule has 0 radical (unpaired) electrons. The normalized spacial score (nSPS) is 10.4. The number of carboxylic acid groups (broad SMARTS) is 2. The molecule has 11 N–H and O–H groups in total. The van der Waals surface area contributed by atoms with Crippen molar-refractivity contribution in [3.63, 3.8) is 0 Å². The molecule has 0 aromatic rings. The Kier molecular flexibility index (Phi) is 46.3. The highest BCUT2D eigenvalue weighted by Gasteiger charge is 2.24. The number of ether oxygens (including phenoxy) is 1. The van der Waals surface area contributed by atoms with Gasteiger partial charge in [0.2, 0.25) is 0 Å². The minimum absolute atomic E-state index is 0.0278. The van der Waals surface area contributed by atoms with Crippen LogP contribution in [-0.4, -0.2) is 141 Å². The van der Waals surface area contributed by atoms with Gasteiger partial charge in [0.05, 0.1) is 59.5 Å². The van der Waals surface area contributed by atoms with Gasteiger partial charge in [0.1, 0.15) is 0 Å². The molecule has 0 atom stereocenters. The maximum absolute atomic E-state index is 9.90. The molecule has 0 unspecified atom stereocenters. The van der Waals surface area contributed by atoms with Crippen LogP contribution in [0.5, 0.6) is 0 Å². The maximum atomic E-state index is 9.90.